The zero-order valence-corrected chi connectivity index (χ0v) is 17.1. The van der Waals surface area contributed by atoms with Gasteiger partial charge in [0.15, 0.2) is 18.1 Å². The number of hydrogen-bond donors (Lipinski definition) is 0. The maximum absolute atomic E-state index is 12.7. The average Bonchev–Trinajstić information content (AvgIpc) is 2.76. The van der Waals surface area contributed by atoms with E-state index in [0.717, 1.165) is 19.3 Å². The number of fused-ring (bicyclic) bond motifs is 1. The smallest absolute Gasteiger partial charge is 0.338 e. The number of rotatable bonds is 7. The lowest BCUT2D eigenvalue weighted by molar-refractivity contribution is -0.135. The van der Waals surface area contributed by atoms with Gasteiger partial charge in [-0.25, -0.2) is 4.79 Å². The van der Waals surface area contributed by atoms with Crippen molar-refractivity contribution >= 4 is 11.9 Å². The lowest BCUT2D eigenvalue weighted by Crippen LogP contribution is -2.36. The topological polar surface area (TPSA) is 65.1 Å². The Balaban J connectivity index is 1.63. The molecule has 0 aliphatic heterocycles. The second kappa shape index (κ2) is 9.45. The molecule has 0 radical (unpaired) electrons. The minimum absolute atomic E-state index is 0.0109. The number of aryl methyl sites for hydroxylation is 1. The SMILES string of the molecule is CCOc1ccc(C(=O)OCC(=O)N(C)C2CCCc3ccccc32)cc1OC. The Morgan fingerprint density at radius 1 is 1.14 bits per heavy atom. The van der Waals surface area contributed by atoms with Crippen molar-refractivity contribution in [2.75, 3.05) is 27.4 Å². The molecule has 2 aromatic rings. The third kappa shape index (κ3) is 4.70. The highest BCUT2D eigenvalue weighted by Gasteiger charge is 2.27. The van der Waals surface area contributed by atoms with Crippen LogP contribution in [0.15, 0.2) is 42.5 Å². The van der Waals surface area contributed by atoms with Crippen LogP contribution in [0.2, 0.25) is 0 Å². The van der Waals surface area contributed by atoms with Crippen LogP contribution in [0.25, 0.3) is 0 Å². The summed E-state index contributed by atoms with van der Waals surface area (Å²) in [6, 6.07) is 13.0. The molecule has 1 aliphatic rings. The van der Waals surface area contributed by atoms with E-state index in [1.54, 1.807) is 30.1 Å². The van der Waals surface area contributed by atoms with E-state index in [0.29, 0.717) is 23.7 Å². The fraction of sp³-hybridized carbons (Fsp3) is 0.391. The molecular formula is C23H27NO5. The van der Waals surface area contributed by atoms with E-state index >= 15 is 0 Å². The van der Waals surface area contributed by atoms with Gasteiger partial charge >= 0.3 is 5.97 Å². The highest BCUT2D eigenvalue weighted by atomic mass is 16.5. The molecule has 0 saturated carbocycles. The number of nitrogens with zero attached hydrogens (tertiary/aromatic N) is 1. The number of likely N-dealkylation sites (N-methyl/N-ethyl adjacent to an activating group) is 1. The predicted molar refractivity (Wildman–Crippen MR) is 109 cm³/mol. The van der Waals surface area contributed by atoms with Crippen molar-refractivity contribution in [3.63, 3.8) is 0 Å². The molecule has 0 bridgehead atoms. The summed E-state index contributed by atoms with van der Waals surface area (Å²) in [7, 11) is 3.27. The zero-order chi connectivity index (χ0) is 20.8. The summed E-state index contributed by atoms with van der Waals surface area (Å²) in [6.07, 6.45) is 2.97. The van der Waals surface area contributed by atoms with E-state index in [1.807, 2.05) is 19.1 Å². The van der Waals surface area contributed by atoms with Crippen molar-refractivity contribution in [1.82, 2.24) is 4.90 Å². The third-order valence-corrected chi connectivity index (χ3v) is 5.22. The monoisotopic (exact) mass is 397 g/mol. The number of benzene rings is 2. The molecule has 1 atom stereocenters. The minimum Gasteiger partial charge on any atom is -0.493 e. The molecule has 6 nitrogen and oxygen atoms in total. The van der Waals surface area contributed by atoms with E-state index in [-0.39, 0.29) is 18.6 Å². The van der Waals surface area contributed by atoms with Crippen LogP contribution < -0.4 is 9.47 Å². The van der Waals surface area contributed by atoms with Gasteiger partial charge in [-0.15, -0.1) is 0 Å². The van der Waals surface area contributed by atoms with Crippen LogP contribution in [-0.4, -0.2) is 44.1 Å². The van der Waals surface area contributed by atoms with Gasteiger partial charge in [-0.2, -0.15) is 0 Å². The van der Waals surface area contributed by atoms with Gasteiger partial charge in [0.05, 0.1) is 25.3 Å². The summed E-state index contributed by atoms with van der Waals surface area (Å²) in [4.78, 5) is 26.7. The largest absolute Gasteiger partial charge is 0.493 e. The van der Waals surface area contributed by atoms with Crippen molar-refractivity contribution < 1.29 is 23.8 Å². The summed E-state index contributed by atoms with van der Waals surface area (Å²) in [5.74, 6) is 0.206. The van der Waals surface area contributed by atoms with E-state index in [1.165, 1.54) is 18.2 Å². The molecule has 0 aromatic heterocycles. The summed E-state index contributed by atoms with van der Waals surface area (Å²) >= 11 is 0. The van der Waals surface area contributed by atoms with Crippen LogP contribution >= 0.6 is 0 Å². The first-order chi connectivity index (χ1) is 14.0. The molecule has 1 unspecified atom stereocenters. The normalized spacial score (nSPS) is 15.2. The van der Waals surface area contributed by atoms with Gasteiger partial charge in [-0.1, -0.05) is 24.3 Å². The van der Waals surface area contributed by atoms with E-state index in [4.69, 9.17) is 14.2 Å². The van der Waals surface area contributed by atoms with Crippen LogP contribution in [0.1, 0.15) is 47.3 Å². The highest BCUT2D eigenvalue weighted by Crippen LogP contribution is 2.33. The molecule has 0 fully saturated rings. The first-order valence-corrected chi connectivity index (χ1v) is 9.86. The maximum Gasteiger partial charge on any atom is 0.338 e. The number of carbonyl (C=O) groups is 2. The van der Waals surface area contributed by atoms with Crippen LogP contribution in [-0.2, 0) is 16.0 Å². The van der Waals surface area contributed by atoms with Crippen molar-refractivity contribution in [2.45, 2.75) is 32.2 Å². The van der Waals surface area contributed by atoms with Gasteiger partial charge < -0.3 is 19.1 Å². The minimum atomic E-state index is -0.572. The molecule has 3 rings (SSSR count). The number of ether oxygens (including phenoxy) is 3. The molecular weight excluding hydrogens is 370 g/mol. The Morgan fingerprint density at radius 2 is 1.93 bits per heavy atom. The Morgan fingerprint density at radius 3 is 2.69 bits per heavy atom. The number of methoxy groups -OCH3 is 1. The average molecular weight is 397 g/mol. The number of carbonyl (C=O) groups excluding carboxylic acids is 2. The summed E-state index contributed by atoms with van der Waals surface area (Å²) in [5.41, 5.74) is 2.77. The molecule has 6 heteroatoms. The zero-order valence-electron chi connectivity index (χ0n) is 17.1. The van der Waals surface area contributed by atoms with E-state index in [2.05, 4.69) is 12.1 Å². The third-order valence-electron chi connectivity index (χ3n) is 5.22. The second-order valence-electron chi connectivity index (χ2n) is 6.99. The van der Waals surface area contributed by atoms with Gasteiger partial charge in [0.1, 0.15) is 0 Å². The molecule has 1 amide bonds. The number of amides is 1. The second-order valence-corrected chi connectivity index (χ2v) is 6.99. The predicted octanol–water partition coefficient (Wildman–Crippen LogP) is 3.79. The first kappa shape index (κ1) is 20.7. The van der Waals surface area contributed by atoms with Gasteiger partial charge in [0.25, 0.3) is 5.91 Å². The first-order valence-electron chi connectivity index (χ1n) is 9.86. The van der Waals surface area contributed by atoms with Gasteiger partial charge in [0.2, 0.25) is 0 Å². The summed E-state index contributed by atoms with van der Waals surface area (Å²) in [5, 5.41) is 0. The lowest BCUT2D eigenvalue weighted by atomic mass is 9.87. The Labute approximate surface area is 171 Å². The van der Waals surface area contributed by atoms with E-state index < -0.39 is 5.97 Å². The molecule has 0 N–H and O–H groups in total. The summed E-state index contributed by atoms with van der Waals surface area (Å²) in [6.45, 7) is 2.06. The molecule has 29 heavy (non-hydrogen) atoms. The van der Waals surface area contributed by atoms with Gasteiger partial charge in [0, 0.05) is 7.05 Å². The van der Waals surface area contributed by atoms with Crippen LogP contribution in [0.4, 0.5) is 0 Å². The van der Waals surface area contributed by atoms with Crippen LogP contribution in [0, 0.1) is 0 Å². The molecule has 0 heterocycles. The summed E-state index contributed by atoms with van der Waals surface area (Å²) < 4.78 is 16.0. The highest BCUT2D eigenvalue weighted by molar-refractivity contribution is 5.92. The fourth-order valence-corrected chi connectivity index (χ4v) is 3.69. The van der Waals surface area contributed by atoms with Crippen molar-refractivity contribution in [3.8, 4) is 11.5 Å². The molecule has 2 aromatic carbocycles. The van der Waals surface area contributed by atoms with Crippen molar-refractivity contribution in [1.29, 1.82) is 0 Å². The van der Waals surface area contributed by atoms with Crippen LogP contribution in [0.3, 0.4) is 0 Å². The molecule has 154 valence electrons. The molecule has 0 spiro atoms. The lowest BCUT2D eigenvalue weighted by Gasteiger charge is -2.33. The van der Waals surface area contributed by atoms with Gasteiger partial charge in [-0.05, 0) is 55.5 Å². The number of hydrogen-bond acceptors (Lipinski definition) is 5. The van der Waals surface area contributed by atoms with E-state index in [9.17, 15) is 9.59 Å². The van der Waals surface area contributed by atoms with Crippen molar-refractivity contribution in [3.05, 3.63) is 59.2 Å². The maximum atomic E-state index is 12.7. The molecule has 0 saturated heterocycles. The Hall–Kier alpha value is -3.02. The quantitative estimate of drug-likeness (QED) is 0.665. The number of esters is 1. The Bertz CT molecular complexity index is 879. The van der Waals surface area contributed by atoms with Gasteiger partial charge in [-0.3, -0.25) is 4.79 Å². The van der Waals surface area contributed by atoms with Crippen molar-refractivity contribution in [2.24, 2.45) is 0 Å². The fourth-order valence-electron chi connectivity index (χ4n) is 3.69. The molecule has 1 aliphatic carbocycles. The Kier molecular flexibility index (Phi) is 6.75. The van der Waals surface area contributed by atoms with Crippen LogP contribution in [0.5, 0.6) is 11.5 Å². The standard InChI is InChI=1S/C23H27NO5/c1-4-28-20-13-12-17(14-21(20)27-3)23(26)29-15-22(25)24(2)19-11-7-9-16-8-5-6-10-18(16)19/h5-6,8,10,12-14,19H,4,7,9,11,15H2,1-3H3.